The van der Waals surface area contributed by atoms with E-state index in [1.54, 1.807) is 0 Å². The van der Waals surface area contributed by atoms with Crippen LogP contribution in [-0.2, 0) is 11.3 Å². The van der Waals surface area contributed by atoms with E-state index in [9.17, 15) is 4.79 Å². The van der Waals surface area contributed by atoms with Crippen LogP contribution in [0.15, 0.2) is 48.5 Å². The maximum Gasteiger partial charge on any atom is 0.254 e. The first-order chi connectivity index (χ1) is 13.0. The second kappa shape index (κ2) is 9.16. The minimum absolute atomic E-state index is 0.0997. The molecule has 3 rings (SSSR count). The number of benzene rings is 2. The Balaban J connectivity index is 1.81. The van der Waals surface area contributed by atoms with Crippen LogP contribution in [0.25, 0.3) is 0 Å². The highest BCUT2D eigenvalue weighted by molar-refractivity contribution is 5.94. The normalized spacial score (nSPS) is 16.1. The Morgan fingerprint density at radius 3 is 2.44 bits per heavy atom. The standard InChI is InChI=1S/C23H30N2O2/c1-18-9-10-22(15-19(18)2)23(26)25(17-21-7-5-4-6-8-21)20(3)16-24-11-13-27-14-12-24/h4-10,15,20H,11-14,16-17H2,1-3H3. The Morgan fingerprint density at radius 2 is 1.78 bits per heavy atom. The van der Waals surface area contributed by atoms with Gasteiger partial charge in [0.25, 0.3) is 5.91 Å². The first-order valence-electron chi connectivity index (χ1n) is 9.77. The van der Waals surface area contributed by atoms with Crippen molar-refractivity contribution in [3.63, 3.8) is 0 Å². The van der Waals surface area contributed by atoms with Gasteiger partial charge in [0, 0.05) is 37.8 Å². The first kappa shape index (κ1) is 19.6. The molecule has 4 heteroatoms. The van der Waals surface area contributed by atoms with E-state index in [-0.39, 0.29) is 11.9 Å². The van der Waals surface area contributed by atoms with Crippen LogP contribution in [0.5, 0.6) is 0 Å². The third-order valence-corrected chi connectivity index (χ3v) is 5.37. The minimum Gasteiger partial charge on any atom is -0.379 e. The molecule has 1 unspecified atom stereocenters. The summed E-state index contributed by atoms with van der Waals surface area (Å²) in [6.45, 7) is 11.2. The highest BCUT2D eigenvalue weighted by Crippen LogP contribution is 2.17. The number of carbonyl (C=O) groups excluding carboxylic acids is 1. The fourth-order valence-electron chi connectivity index (χ4n) is 3.50. The van der Waals surface area contributed by atoms with Gasteiger partial charge in [-0.15, -0.1) is 0 Å². The van der Waals surface area contributed by atoms with Crippen molar-refractivity contribution in [3.8, 4) is 0 Å². The Hall–Kier alpha value is -2.17. The Morgan fingerprint density at radius 1 is 1.07 bits per heavy atom. The van der Waals surface area contributed by atoms with Crippen molar-refractivity contribution in [2.45, 2.75) is 33.4 Å². The van der Waals surface area contributed by atoms with E-state index in [0.717, 1.165) is 49.5 Å². The van der Waals surface area contributed by atoms with Crippen LogP contribution >= 0.6 is 0 Å². The summed E-state index contributed by atoms with van der Waals surface area (Å²) in [5, 5.41) is 0. The number of rotatable bonds is 6. The number of amides is 1. The van der Waals surface area contributed by atoms with Crippen LogP contribution in [0.1, 0.15) is 34.0 Å². The average Bonchev–Trinajstić information content (AvgIpc) is 2.69. The molecule has 4 nitrogen and oxygen atoms in total. The van der Waals surface area contributed by atoms with E-state index in [1.165, 1.54) is 5.56 Å². The van der Waals surface area contributed by atoms with Crippen molar-refractivity contribution in [2.75, 3.05) is 32.8 Å². The molecule has 0 aromatic heterocycles. The molecule has 2 aromatic carbocycles. The lowest BCUT2D eigenvalue weighted by Gasteiger charge is -2.35. The second-order valence-electron chi connectivity index (χ2n) is 7.48. The van der Waals surface area contributed by atoms with Crippen molar-refractivity contribution in [1.29, 1.82) is 0 Å². The molecule has 144 valence electrons. The van der Waals surface area contributed by atoms with Gasteiger partial charge < -0.3 is 9.64 Å². The summed E-state index contributed by atoms with van der Waals surface area (Å²) >= 11 is 0. The summed E-state index contributed by atoms with van der Waals surface area (Å²) in [4.78, 5) is 17.8. The number of hydrogen-bond acceptors (Lipinski definition) is 3. The molecule has 1 saturated heterocycles. The first-order valence-corrected chi connectivity index (χ1v) is 9.77. The number of aryl methyl sites for hydroxylation is 2. The lowest BCUT2D eigenvalue weighted by atomic mass is 10.0. The molecule has 0 radical (unpaired) electrons. The summed E-state index contributed by atoms with van der Waals surface area (Å²) in [5.41, 5.74) is 4.29. The molecule has 1 fully saturated rings. The molecular weight excluding hydrogens is 336 g/mol. The van der Waals surface area contributed by atoms with Crippen LogP contribution in [0, 0.1) is 13.8 Å². The van der Waals surface area contributed by atoms with Gasteiger partial charge in [-0.3, -0.25) is 9.69 Å². The van der Waals surface area contributed by atoms with Gasteiger partial charge in [0.15, 0.2) is 0 Å². The third kappa shape index (κ3) is 5.18. The van der Waals surface area contributed by atoms with E-state index in [1.807, 2.05) is 41.3 Å². The van der Waals surface area contributed by atoms with Crippen molar-refractivity contribution >= 4 is 5.91 Å². The van der Waals surface area contributed by atoms with Gasteiger partial charge in [0.2, 0.25) is 0 Å². The summed E-state index contributed by atoms with van der Waals surface area (Å²) in [5.74, 6) is 0.0997. The molecule has 1 aliphatic heterocycles. The number of nitrogens with zero attached hydrogens (tertiary/aromatic N) is 2. The zero-order valence-electron chi connectivity index (χ0n) is 16.6. The molecule has 0 spiro atoms. The smallest absolute Gasteiger partial charge is 0.254 e. The zero-order valence-corrected chi connectivity index (χ0v) is 16.6. The van der Waals surface area contributed by atoms with Crippen molar-refractivity contribution in [1.82, 2.24) is 9.80 Å². The highest BCUT2D eigenvalue weighted by Gasteiger charge is 2.24. The maximum absolute atomic E-state index is 13.4. The van der Waals surface area contributed by atoms with Crippen LogP contribution in [0.4, 0.5) is 0 Å². The van der Waals surface area contributed by atoms with E-state index in [4.69, 9.17) is 4.74 Å². The van der Waals surface area contributed by atoms with Gasteiger partial charge in [0.05, 0.1) is 13.2 Å². The van der Waals surface area contributed by atoms with Crippen molar-refractivity contribution in [2.24, 2.45) is 0 Å². The molecule has 27 heavy (non-hydrogen) atoms. The monoisotopic (exact) mass is 366 g/mol. The highest BCUT2D eigenvalue weighted by atomic mass is 16.5. The molecule has 0 aliphatic carbocycles. The summed E-state index contributed by atoms with van der Waals surface area (Å²) in [6.07, 6.45) is 0. The van der Waals surface area contributed by atoms with Gasteiger partial charge in [-0.1, -0.05) is 36.4 Å². The van der Waals surface area contributed by atoms with Gasteiger partial charge in [0.1, 0.15) is 0 Å². The summed E-state index contributed by atoms with van der Waals surface area (Å²) in [6, 6.07) is 16.4. The number of carbonyl (C=O) groups is 1. The van der Waals surface area contributed by atoms with Gasteiger partial charge in [-0.05, 0) is 49.6 Å². The zero-order chi connectivity index (χ0) is 19.2. The van der Waals surface area contributed by atoms with Crippen molar-refractivity contribution < 1.29 is 9.53 Å². The van der Waals surface area contributed by atoms with Crippen LogP contribution < -0.4 is 0 Å². The van der Waals surface area contributed by atoms with Gasteiger partial charge in [-0.25, -0.2) is 0 Å². The fourth-order valence-corrected chi connectivity index (χ4v) is 3.50. The number of morpholine rings is 1. The average molecular weight is 367 g/mol. The van der Waals surface area contributed by atoms with Gasteiger partial charge in [-0.2, -0.15) is 0 Å². The predicted molar refractivity (Wildman–Crippen MR) is 109 cm³/mol. The molecule has 1 heterocycles. The summed E-state index contributed by atoms with van der Waals surface area (Å²) < 4.78 is 5.46. The van der Waals surface area contributed by atoms with E-state index in [2.05, 4.69) is 37.8 Å². The largest absolute Gasteiger partial charge is 0.379 e. The Bertz CT molecular complexity index is 754. The lowest BCUT2D eigenvalue weighted by Crippen LogP contribution is -2.48. The van der Waals surface area contributed by atoms with E-state index >= 15 is 0 Å². The molecule has 1 atom stereocenters. The second-order valence-corrected chi connectivity index (χ2v) is 7.48. The SMILES string of the molecule is Cc1ccc(C(=O)N(Cc2ccccc2)C(C)CN2CCOCC2)cc1C. The molecule has 1 aliphatic rings. The van der Waals surface area contributed by atoms with Crippen molar-refractivity contribution in [3.05, 3.63) is 70.8 Å². The summed E-state index contributed by atoms with van der Waals surface area (Å²) in [7, 11) is 0. The third-order valence-electron chi connectivity index (χ3n) is 5.37. The molecule has 1 amide bonds. The van der Waals surface area contributed by atoms with E-state index in [0.29, 0.717) is 6.54 Å². The molecule has 0 bridgehead atoms. The Kier molecular flexibility index (Phi) is 6.64. The number of ether oxygens (including phenoxy) is 1. The fraction of sp³-hybridized carbons (Fsp3) is 0.435. The van der Waals surface area contributed by atoms with Crippen LogP contribution in [0.2, 0.25) is 0 Å². The van der Waals surface area contributed by atoms with Gasteiger partial charge >= 0.3 is 0 Å². The maximum atomic E-state index is 13.4. The Labute approximate surface area is 162 Å². The lowest BCUT2D eigenvalue weighted by molar-refractivity contribution is 0.0228. The van der Waals surface area contributed by atoms with Crippen LogP contribution in [-0.4, -0.2) is 54.6 Å². The predicted octanol–water partition coefficient (Wildman–Crippen LogP) is 3.67. The van der Waals surface area contributed by atoms with Crippen LogP contribution in [0.3, 0.4) is 0 Å². The quantitative estimate of drug-likeness (QED) is 0.782. The molecule has 2 aromatic rings. The minimum atomic E-state index is 0.0997. The number of hydrogen-bond donors (Lipinski definition) is 0. The topological polar surface area (TPSA) is 32.8 Å². The molecule has 0 saturated carbocycles. The molecule has 0 N–H and O–H groups in total. The van der Waals surface area contributed by atoms with E-state index < -0.39 is 0 Å². The molecular formula is C23H30N2O2.